The van der Waals surface area contributed by atoms with Crippen molar-refractivity contribution < 1.29 is 14.6 Å². The van der Waals surface area contributed by atoms with Crippen LogP contribution < -0.4 is 0 Å². The van der Waals surface area contributed by atoms with Crippen LogP contribution in [0.2, 0.25) is 0 Å². The summed E-state index contributed by atoms with van der Waals surface area (Å²) in [6.45, 7) is 7.12. The molecular formula is C19H26N2O3. The Balaban J connectivity index is 2.42. The number of hydrogen-bond donors (Lipinski definition) is 1. The fourth-order valence-electron chi connectivity index (χ4n) is 2.77. The molecule has 0 spiro atoms. The van der Waals surface area contributed by atoms with Crippen LogP contribution in [-0.4, -0.2) is 47.3 Å². The van der Waals surface area contributed by atoms with Gasteiger partial charge >= 0.3 is 5.97 Å². The van der Waals surface area contributed by atoms with Gasteiger partial charge in [-0.05, 0) is 45.9 Å². The molecule has 0 radical (unpaired) electrons. The Morgan fingerprint density at radius 1 is 1.38 bits per heavy atom. The topological polar surface area (TPSA) is 62.7 Å². The van der Waals surface area contributed by atoms with Crippen molar-refractivity contribution in [3.05, 3.63) is 41.1 Å². The lowest BCUT2D eigenvalue weighted by Gasteiger charge is -2.20. The third-order valence-electron chi connectivity index (χ3n) is 4.05. The van der Waals surface area contributed by atoms with E-state index in [1.54, 1.807) is 13.8 Å². The van der Waals surface area contributed by atoms with E-state index in [2.05, 4.69) is 4.90 Å². The molecule has 0 aliphatic heterocycles. The highest BCUT2D eigenvalue weighted by molar-refractivity contribution is 5.98. The number of hydrogen-bond acceptors (Lipinski definition) is 5. The Labute approximate surface area is 143 Å². The highest BCUT2D eigenvalue weighted by Gasteiger charge is 2.20. The van der Waals surface area contributed by atoms with Gasteiger partial charge in [-0.15, -0.1) is 0 Å². The Hall–Kier alpha value is -1.98. The average Bonchev–Trinajstić information content (AvgIpc) is 2.53. The Kier molecular flexibility index (Phi) is 6.29. The summed E-state index contributed by atoms with van der Waals surface area (Å²) in [6, 6.07) is 7.82. The number of rotatable bonds is 7. The van der Waals surface area contributed by atoms with Crippen molar-refractivity contribution in [1.29, 1.82) is 0 Å². The van der Waals surface area contributed by atoms with Crippen LogP contribution in [0.15, 0.2) is 24.3 Å². The molecule has 0 fully saturated rings. The lowest BCUT2D eigenvalue weighted by atomic mass is 10.0. The molecule has 130 valence electrons. The van der Waals surface area contributed by atoms with Gasteiger partial charge in [-0.25, -0.2) is 4.79 Å². The summed E-state index contributed by atoms with van der Waals surface area (Å²) in [4.78, 5) is 19.2. The Morgan fingerprint density at radius 3 is 2.75 bits per heavy atom. The zero-order valence-electron chi connectivity index (χ0n) is 14.9. The van der Waals surface area contributed by atoms with Gasteiger partial charge in [0, 0.05) is 18.5 Å². The summed E-state index contributed by atoms with van der Waals surface area (Å²) in [5, 5.41) is 10.4. The number of aromatic nitrogens is 1. The molecule has 24 heavy (non-hydrogen) atoms. The van der Waals surface area contributed by atoms with Crippen molar-refractivity contribution in [3.63, 3.8) is 0 Å². The van der Waals surface area contributed by atoms with E-state index in [9.17, 15) is 9.90 Å². The summed E-state index contributed by atoms with van der Waals surface area (Å²) >= 11 is 0. The maximum absolute atomic E-state index is 12.5. The molecule has 0 saturated heterocycles. The SMILES string of the molecule is CCOC(=O)c1c(CN(C)CCC(C)O)nc2ccccc2c1C. The van der Waals surface area contributed by atoms with E-state index in [4.69, 9.17) is 9.72 Å². The van der Waals surface area contributed by atoms with Gasteiger partial charge in [0.05, 0.1) is 29.5 Å². The van der Waals surface area contributed by atoms with Crippen molar-refractivity contribution in [2.75, 3.05) is 20.2 Å². The predicted octanol–water partition coefficient (Wildman–Crippen LogP) is 2.92. The Morgan fingerprint density at radius 2 is 2.08 bits per heavy atom. The van der Waals surface area contributed by atoms with Crippen LogP contribution in [0.3, 0.4) is 0 Å². The minimum atomic E-state index is -0.344. The van der Waals surface area contributed by atoms with Crippen LogP contribution in [0.1, 0.15) is 41.9 Å². The second-order valence-corrected chi connectivity index (χ2v) is 6.17. The minimum Gasteiger partial charge on any atom is -0.462 e. The zero-order chi connectivity index (χ0) is 17.7. The molecule has 1 atom stereocenters. The highest BCUT2D eigenvalue weighted by Crippen LogP contribution is 2.24. The normalized spacial score (nSPS) is 12.6. The minimum absolute atomic E-state index is 0.327. The smallest absolute Gasteiger partial charge is 0.340 e. The second-order valence-electron chi connectivity index (χ2n) is 6.17. The lowest BCUT2D eigenvalue weighted by Crippen LogP contribution is -2.24. The van der Waals surface area contributed by atoms with E-state index < -0.39 is 0 Å². The monoisotopic (exact) mass is 330 g/mol. The molecular weight excluding hydrogens is 304 g/mol. The van der Waals surface area contributed by atoms with E-state index in [0.717, 1.165) is 28.7 Å². The summed E-state index contributed by atoms with van der Waals surface area (Å²) in [5.74, 6) is -0.327. The quantitative estimate of drug-likeness (QED) is 0.791. The molecule has 0 bridgehead atoms. The van der Waals surface area contributed by atoms with Crippen LogP contribution in [0.25, 0.3) is 10.9 Å². The number of carbonyl (C=O) groups is 1. The number of aryl methyl sites for hydroxylation is 1. The average molecular weight is 330 g/mol. The number of ether oxygens (including phenoxy) is 1. The molecule has 1 aromatic carbocycles. The van der Waals surface area contributed by atoms with Gasteiger partial charge in [-0.3, -0.25) is 4.98 Å². The molecule has 1 N–H and O–H groups in total. The van der Waals surface area contributed by atoms with E-state index in [-0.39, 0.29) is 12.1 Å². The molecule has 0 aliphatic rings. The maximum Gasteiger partial charge on any atom is 0.340 e. The Bertz CT molecular complexity index is 713. The van der Waals surface area contributed by atoms with E-state index in [1.165, 1.54) is 0 Å². The van der Waals surface area contributed by atoms with Crippen LogP contribution in [0.4, 0.5) is 0 Å². The maximum atomic E-state index is 12.5. The third kappa shape index (κ3) is 4.30. The first kappa shape index (κ1) is 18.4. The van der Waals surface area contributed by atoms with Crippen molar-refractivity contribution in [2.24, 2.45) is 0 Å². The number of nitrogens with zero attached hydrogens (tertiary/aromatic N) is 2. The number of para-hydroxylation sites is 1. The summed E-state index contributed by atoms with van der Waals surface area (Å²) in [5.41, 5.74) is 3.05. The van der Waals surface area contributed by atoms with Gasteiger partial charge in [0.1, 0.15) is 0 Å². The molecule has 2 rings (SSSR count). The largest absolute Gasteiger partial charge is 0.462 e. The van der Waals surface area contributed by atoms with Gasteiger partial charge in [0.25, 0.3) is 0 Å². The molecule has 0 aliphatic carbocycles. The molecule has 5 nitrogen and oxygen atoms in total. The van der Waals surface area contributed by atoms with Crippen molar-refractivity contribution >= 4 is 16.9 Å². The van der Waals surface area contributed by atoms with E-state index in [1.807, 2.05) is 38.2 Å². The fourth-order valence-corrected chi connectivity index (χ4v) is 2.77. The number of esters is 1. The number of aliphatic hydroxyl groups is 1. The van der Waals surface area contributed by atoms with Crippen molar-refractivity contribution in [3.8, 4) is 0 Å². The molecule has 0 saturated carbocycles. The lowest BCUT2D eigenvalue weighted by molar-refractivity contribution is 0.0522. The van der Waals surface area contributed by atoms with Crippen LogP contribution in [0.5, 0.6) is 0 Å². The van der Waals surface area contributed by atoms with E-state index in [0.29, 0.717) is 25.1 Å². The van der Waals surface area contributed by atoms with Gasteiger partial charge in [-0.2, -0.15) is 0 Å². The number of fused-ring (bicyclic) bond motifs is 1. The number of pyridine rings is 1. The predicted molar refractivity (Wildman–Crippen MR) is 95.1 cm³/mol. The molecule has 1 unspecified atom stereocenters. The molecule has 1 aromatic heterocycles. The van der Waals surface area contributed by atoms with Gasteiger partial charge in [0.2, 0.25) is 0 Å². The van der Waals surface area contributed by atoms with Gasteiger partial charge in [-0.1, -0.05) is 18.2 Å². The van der Waals surface area contributed by atoms with Crippen LogP contribution in [0, 0.1) is 6.92 Å². The molecule has 5 heteroatoms. The summed E-state index contributed by atoms with van der Waals surface area (Å²) < 4.78 is 5.24. The number of carbonyl (C=O) groups excluding carboxylic acids is 1. The third-order valence-corrected chi connectivity index (χ3v) is 4.05. The first-order valence-corrected chi connectivity index (χ1v) is 8.36. The van der Waals surface area contributed by atoms with Crippen LogP contribution in [-0.2, 0) is 11.3 Å². The first-order valence-electron chi connectivity index (χ1n) is 8.36. The zero-order valence-corrected chi connectivity index (χ0v) is 14.9. The summed E-state index contributed by atoms with van der Waals surface area (Å²) in [6.07, 6.45) is 0.334. The first-order chi connectivity index (χ1) is 11.4. The highest BCUT2D eigenvalue weighted by atomic mass is 16.5. The van der Waals surface area contributed by atoms with E-state index >= 15 is 0 Å². The van der Waals surface area contributed by atoms with Crippen LogP contribution >= 0.6 is 0 Å². The number of aliphatic hydroxyl groups excluding tert-OH is 1. The second kappa shape index (κ2) is 8.22. The fraction of sp³-hybridized carbons (Fsp3) is 0.474. The molecule has 2 aromatic rings. The molecule has 0 amide bonds. The van der Waals surface area contributed by atoms with Crippen molar-refractivity contribution in [2.45, 2.75) is 39.8 Å². The van der Waals surface area contributed by atoms with Crippen molar-refractivity contribution in [1.82, 2.24) is 9.88 Å². The van der Waals surface area contributed by atoms with Gasteiger partial charge in [0.15, 0.2) is 0 Å². The van der Waals surface area contributed by atoms with Gasteiger partial charge < -0.3 is 14.7 Å². The standard InChI is InChI=1S/C19H26N2O3/c1-5-24-19(23)18-14(3)15-8-6-7-9-16(15)20-17(18)12-21(4)11-10-13(2)22/h6-9,13,22H,5,10-12H2,1-4H3. The number of benzene rings is 1. The summed E-state index contributed by atoms with van der Waals surface area (Å²) in [7, 11) is 1.96. The molecule has 1 heterocycles.